The molecule has 1 aliphatic carbocycles. The zero-order valence-corrected chi connectivity index (χ0v) is 17.8. The Morgan fingerprint density at radius 1 is 1.34 bits per heavy atom. The SMILES string of the molecule is C[C@H]1CCCN(c2nc3ncn(CC(=O)NCCC4=CCCCC4)c(=O)c3s2)C1. The van der Waals surface area contributed by atoms with Gasteiger partial charge in [0.1, 0.15) is 17.6 Å². The van der Waals surface area contributed by atoms with Crippen molar-refractivity contribution in [3.63, 3.8) is 0 Å². The molecule has 29 heavy (non-hydrogen) atoms. The molecular formula is C21H29N5O2S. The molecule has 3 heterocycles. The molecule has 0 aromatic carbocycles. The molecule has 0 unspecified atom stereocenters. The highest BCUT2D eigenvalue weighted by Gasteiger charge is 2.21. The van der Waals surface area contributed by atoms with Crippen LogP contribution in [0.2, 0.25) is 0 Å². The van der Waals surface area contributed by atoms with E-state index in [0.717, 1.165) is 43.9 Å². The van der Waals surface area contributed by atoms with Gasteiger partial charge in [0, 0.05) is 19.6 Å². The van der Waals surface area contributed by atoms with Crippen LogP contribution in [0.1, 0.15) is 51.9 Å². The van der Waals surface area contributed by atoms with E-state index < -0.39 is 0 Å². The smallest absolute Gasteiger partial charge is 0.273 e. The molecule has 0 spiro atoms. The molecule has 156 valence electrons. The number of nitrogens with zero attached hydrogens (tertiary/aromatic N) is 4. The van der Waals surface area contributed by atoms with Crippen molar-refractivity contribution >= 4 is 32.7 Å². The van der Waals surface area contributed by atoms with Gasteiger partial charge in [-0.05, 0) is 50.9 Å². The highest BCUT2D eigenvalue weighted by Crippen LogP contribution is 2.29. The summed E-state index contributed by atoms with van der Waals surface area (Å²) in [6, 6.07) is 0. The summed E-state index contributed by atoms with van der Waals surface area (Å²) in [5.74, 6) is 0.479. The third kappa shape index (κ3) is 4.86. The van der Waals surface area contributed by atoms with Crippen LogP contribution in [0.15, 0.2) is 22.8 Å². The van der Waals surface area contributed by atoms with Gasteiger partial charge in [-0.1, -0.05) is 29.9 Å². The number of allylic oxidation sites excluding steroid dienone is 1. The Labute approximate surface area is 174 Å². The molecule has 2 aromatic heterocycles. The first-order chi connectivity index (χ1) is 14.1. The van der Waals surface area contributed by atoms with Gasteiger partial charge in [-0.2, -0.15) is 4.98 Å². The number of hydrogen-bond acceptors (Lipinski definition) is 6. The van der Waals surface area contributed by atoms with Crippen molar-refractivity contribution < 1.29 is 4.79 Å². The van der Waals surface area contributed by atoms with Crippen molar-refractivity contribution in [2.45, 2.75) is 58.4 Å². The number of nitrogens with one attached hydrogen (secondary N) is 1. The summed E-state index contributed by atoms with van der Waals surface area (Å²) in [5, 5.41) is 3.79. The lowest BCUT2D eigenvalue weighted by Crippen LogP contribution is -2.34. The zero-order valence-electron chi connectivity index (χ0n) is 17.0. The number of fused-ring (bicyclic) bond motifs is 1. The molecule has 0 radical (unpaired) electrons. The highest BCUT2D eigenvalue weighted by atomic mass is 32.1. The topological polar surface area (TPSA) is 80.1 Å². The summed E-state index contributed by atoms with van der Waals surface area (Å²) in [5.41, 5.74) is 1.73. The van der Waals surface area contributed by atoms with Crippen molar-refractivity contribution in [1.29, 1.82) is 0 Å². The summed E-state index contributed by atoms with van der Waals surface area (Å²) in [6.45, 7) is 4.79. The van der Waals surface area contributed by atoms with Crippen molar-refractivity contribution in [3.8, 4) is 0 Å². The van der Waals surface area contributed by atoms with Gasteiger partial charge in [0.2, 0.25) is 5.91 Å². The molecule has 1 aliphatic heterocycles. The minimum atomic E-state index is -0.186. The summed E-state index contributed by atoms with van der Waals surface area (Å²) in [6.07, 6.45) is 11.8. The van der Waals surface area contributed by atoms with Crippen LogP contribution in [-0.4, -0.2) is 40.1 Å². The first-order valence-electron chi connectivity index (χ1n) is 10.7. The monoisotopic (exact) mass is 415 g/mol. The van der Waals surface area contributed by atoms with Gasteiger partial charge in [-0.3, -0.25) is 14.2 Å². The van der Waals surface area contributed by atoms with E-state index in [0.29, 0.717) is 22.8 Å². The molecule has 4 rings (SSSR count). The average Bonchev–Trinajstić information content (AvgIpc) is 3.16. The average molecular weight is 416 g/mol. The minimum Gasteiger partial charge on any atom is -0.354 e. The third-order valence-electron chi connectivity index (χ3n) is 5.77. The van der Waals surface area contributed by atoms with Crippen LogP contribution >= 0.6 is 11.3 Å². The predicted molar refractivity (Wildman–Crippen MR) is 116 cm³/mol. The van der Waals surface area contributed by atoms with Crippen LogP contribution in [0.5, 0.6) is 0 Å². The number of carbonyl (C=O) groups excluding carboxylic acids is 1. The summed E-state index contributed by atoms with van der Waals surface area (Å²) >= 11 is 1.39. The van der Waals surface area contributed by atoms with Gasteiger partial charge >= 0.3 is 0 Å². The van der Waals surface area contributed by atoms with Gasteiger partial charge in [0.25, 0.3) is 5.56 Å². The van der Waals surface area contributed by atoms with Crippen molar-refractivity contribution in [3.05, 3.63) is 28.3 Å². The molecule has 0 bridgehead atoms. The molecule has 2 aromatic rings. The molecule has 1 atom stereocenters. The van der Waals surface area contributed by atoms with Gasteiger partial charge in [-0.15, -0.1) is 0 Å². The largest absolute Gasteiger partial charge is 0.354 e. The van der Waals surface area contributed by atoms with Crippen LogP contribution in [0.25, 0.3) is 10.3 Å². The lowest BCUT2D eigenvalue weighted by Gasteiger charge is -2.30. The van der Waals surface area contributed by atoms with Gasteiger partial charge in [0.05, 0.1) is 0 Å². The van der Waals surface area contributed by atoms with E-state index in [1.54, 1.807) is 0 Å². The van der Waals surface area contributed by atoms with E-state index >= 15 is 0 Å². The highest BCUT2D eigenvalue weighted by molar-refractivity contribution is 7.22. The van der Waals surface area contributed by atoms with Crippen LogP contribution in [0.3, 0.4) is 0 Å². The molecule has 8 heteroatoms. The fourth-order valence-corrected chi connectivity index (χ4v) is 5.15. The van der Waals surface area contributed by atoms with E-state index in [9.17, 15) is 9.59 Å². The molecule has 7 nitrogen and oxygen atoms in total. The summed E-state index contributed by atoms with van der Waals surface area (Å²) in [7, 11) is 0. The van der Waals surface area contributed by atoms with Gasteiger partial charge in [0.15, 0.2) is 10.8 Å². The quantitative estimate of drug-likeness (QED) is 0.734. The van der Waals surface area contributed by atoms with E-state index in [-0.39, 0.29) is 18.0 Å². The lowest BCUT2D eigenvalue weighted by atomic mass is 9.97. The molecule has 1 fully saturated rings. The Balaban J connectivity index is 1.39. The lowest BCUT2D eigenvalue weighted by molar-refractivity contribution is -0.121. The van der Waals surface area contributed by atoms with E-state index in [1.807, 2.05) is 0 Å². The normalized spacial score (nSPS) is 20.0. The number of anilines is 1. The van der Waals surface area contributed by atoms with Crippen LogP contribution in [0.4, 0.5) is 5.13 Å². The predicted octanol–water partition coefficient (Wildman–Crippen LogP) is 3.10. The number of amides is 1. The summed E-state index contributed by atoms with van der Waals surface area (Å²) < 4.78 is 1.92. The Morgan fingerprint density at radius 3 is 3.03 bits per heavy atom. The molecule has 1 N–H and O–H groups in total. The molecule has 0 saturated carbocycles. The van der Waals surface area contributed by atoms with Crippen molar-refractivity contribution in [2.24, 2.45) is 5.92 Å². The molecule has 2 aliphatic rings. The van der Waals surface area contributed by atoms with Crippen LogP contribution in [-0.2, 0) is 11.3 Å². The second-order valence-electron chi connectivity index (χ2n) is 8.23. The minimum absolute atomic E-state index is 0.00516. The van der Waals surface area contributed by atoms with Gasteiger partial charge < -0.3 is 10.2 Å². The Morgan fingerprint density at radius 2 is 2.24 bits per heavy atom. The fourth-order valence-electron chi connectivity index (χ4n) is 4.15. The second kappa shape index (κ2) is 9.07. The fraction of sp³-hybridized carbons (Fsp3) is 0.619. The maximum absolute atomic E-state index is 12.8. The van der Waals surface area contributed by atoms with Crippen LogP contribution in [0, 0.1) is 5.92 Å². The van der Waals surface area contributed by atoms with Crippen molar-refractivity contribution in [1.82, 2.24) is 19.9 Å². The Hall–Kier alpha value is -2.22. The first-order valence-corrected chi connectivity index (χ1v) is 11.5. The number of hydrogen-bond donors (Lipinski definition) is 1. The number of thiazole rings is 1. The second-order valence-corrected chi connectivity index (χ2v) is 9.21. The third-order valence-corrected chi connectivity index (χ3v) is 6.86. The van der Waals surface area contributed by atoms with E-state index in [1.165, 1.54) is 47.1 Å². The zero-order chi connectivity index (χ0) is 20.2. The van der Waals surface area contributed by atoms with Gasteiger partial charge in [-0.25, -0.2) is 4.98 Å². The van der Waals surface area contributed by atoms with E-state index in [2.05, 4.69) is 33.2 Å². The van der Waals surface area contributed by atoms with Crippen molar-refractivity contribution in [2.75, 3.05) is 24.5 Å². The maximum Gasteiger partial charge on any atom is 0.273 e. The number of rotatable bonds is 6. The number of piperidine rings is 1. The first kappa shape index (κ1) is 20.1. The number of carbonyl (C=O) groups is 1. The Bertz CT molecular complexity index is 964. The Kier molecular flexibility index (Phi) is 6.28. The summed E-state index contributed by atoms with van der Waals surface area (Å²) in [4.78, 5) is 36.3. The molecule has 1 saturated heterocycles. The maximum atomic E-state index is 12.8. The standard InChI is InChI=1S/C21H29N5O2S/c1-15-6-5-11-25(12-15)21-24-19-18(29-21)20(28)26(14-23-19)13-17(27)22-10-9-16-7-3-2-4-8-16/h7,14-15H,2-6,8-13H2,1H3,(H,22,27)/t15-/m0/s1. The number of aromatic nitrogens is 3. The van der Waals surface area contributed by atoms with E-state index in [4.69, 9.17) is 0 Å². The molecule has 1 amide bonds. The van der Waals surface area contributed by atoms with Crippen LogP contribution < -0.4 is 15.8 Å². The molecular weight excluding hydrogens is 386 g/mol.